The Hall–Kier alpha value is -4.40. The molecule has 0 radical (unpaired) electrons. The van der Waals surface area contributed by atoms with Gasteiger partial charge in [0.25, 0.3) is 0 Å². The van der Waals surface area contributed by atoms with E-state index in [0.29, 0.717) is 81.5 Å². The van der Waals surface area contributed by atoms with Gasteiger partial charge in [0.05, 0.1) is 29.3 Å². The van der Waals surface area contributed by atoms with E-state index in [1.165, 1.54) is 47.9 Å². The number of allylic oxidation sites excluding steroid dienone is 2. The summed E-state index contributed by atoms with van der Waals surface area (Å²) in [5.74, 6) is 7.13. The maximum absolute atomic E-state index is 15.6. The number of esters is 1. The summed E-state index contributed by atoms with van der Waals surface area (Å²) in [4.78, 5) is 29.9. The average Bonchev–Trinajstić information content (AvgIpc) is 1.22. The van der Waals surface area contributed by atoms with E-state index in [1.54, 1.807) is 6.08 Å². The number of likely N-dealkylation sites (N-methyl/N-ethyl adjacent to an activating group) is 1. The molecule has 444 valence electrons. The maximum Gasteiger partial charge on any atom is 0.331 e. The van der Waals surface area contributed by atoms with Crippen molar-refractivity contribution in [2.24, 2.45) is 92.7 Å². The maximum atomic E-state index is 15.6. The number of nitrogens with one attached hydrogen (secondary N) is 1. The Kier molecular flexibility index (Phi) is 13.0. The van der Waals surface area contributed by atoms with E-state index in [9.17, 15) is 20.1 Å². The fraction of sp³-hybridized carbons (Fsp3) is 0.653. The van der Waals surface area contributed by atoms with Crippen molar-refractivity contribution in [3.8, 4) is 11.8 Å². The van der Waals surface area contributed by atoms with E-state index in [0.717, 1.165) is 99.2 Å². The Morgan fingerprint density at radius 3 is 2.37 bits per heavy atom. The molecule has 84 heavy (non-hydrogen) atoms. The van der Waals surface area contributed by atoms with Gasteiger partial charge in [-0.05, 0) is 246 Å². The monoisotopic (exact) mass is 1130 g/mol. The molecular formula is C75H91NO8. The molecule has 15 aliphatic rings. The summed E-state index contributed by atoms with van der Waals surface area (Å²) in [6, 6.07) is 24.3. The van der Waals surface area contributed by atoms with Gasteiger partial charge in [-0.25, -0.2) is 4.79 Å². The van der Waals surface area contributed by atoms with Crippen LogP contribution in [0.4, 0.5) is 0 Å². The van der Waals surface area contributed by atoms with Crippen LogP contribution in [-0.4, -0.2) is 79.9 Å². The molecule has 6 N–H and O–H groups in total. The number of hydrogen-bond acceptors (Lipinski definition) is 9. The Morgan fingerprint density at radius 2 is 1.56 bits per heavy atom. The summed E-state index contributed by atoms with van der Waals surface area (Å²) in [6.07, 6.45) is 25.7. The van der Waals surface area contributed by atoms with Crippen LogP contribution in [0, 0.1) is 105 Å². The summed E-state index contributed by atoms with van der Waals surface area (Å²) in [7, 11) is 1.99. The molecule has 1 aliphatic heterocycles. The highest BCUT2D eigenvalue weighted by atomic mass is 16.5. The molecule has 18 rings (SSSR count). The lowest BCUT2D eigenvalue weighted by molar-refractivity contribution is -0.356. The third-order valence-electron chi connectivity index (χ3n) is 27.8. The fourth-order valence-corrected chi connectivity index (χ4v) is 24.8. The molecule has 0 unspecified atom stereocenters. The third kappa shape index (κ3) is 7.80. The van der Waals surface area contributed by atoms with Gasteiger partial charge < -0.3 is 40.4 Å². The first-order valence-corrected chi connectivity index (χ1v) is 33.7. The molecule has 14 aliphatic carbocycles. The summed E-state index contributed by atoms with van der Waals surface area (Å²) in [5.41, 5.74) is 0.163. The summed E-state index contributed by atoms with van der Waals surface area (Å²) in [5, 5.41) is 74.1. The highest BCUT2D eigenvalue weighted by Crippen LogP contribution is 2.80. The predicted molar refractivity (Wildman–Crippen MR) is 321 cm³/mol. The minimum Gasteiger partial charge on any atom is -0.454 e. The lowest BCUT2D eigenvalue weighted by atomic mass is 9.33. The van der Waals surface area contributed by atoms with E-state index < -0.39 is 68.4 Å². The molecule has 15 bridgehead atoms. The van der Waals surface area contributed by atoms with Crippen LogP contribution >= 0.6 is 0 Å². The van der Waals surface area contributed by atoms with Crippen molar-refractivity contribution >= 4 is 12.3 Å². The van der Waals surface area contributed by atoms with Crippen molar-refractivity contribution < 1.29 is 39.9 Å². The van der Waals surface area contributed by atoms with Crippen LogP contribution in [0.5, 0.6) is 0 Å². The number of carbonyl (C=O) groups excluding carboxylic acids is 2. The second kappa shape index (κ2) is 19.8. The van der Waals surface area contributed by atoms with Crippen LogP contribution in [0.25, 0.3) is 0 Å². The lowest BCUT2D eigenvalue weighted by Crippen LogP contribution is -2.82. The summed E-state index contributed by atoms with van der Waals surface area (Å²) in [6.45, 7) is -0.118. The molecule has 9 nitrogen and oxygen atoms in total. The predicted octanol–water partition coefficient (Wildman–Crippen LogP) is 10.9. The number of rotatable bonds is 4. The number of fused-ring (bicyclic) bond motifs is 4. The number of aldehydes is 1. The minimum atomic E-state index is -1.80. The molecular weight excluding hydrogens is 1040 g/mol. The average molecular weight is 1130 g/mol. The zero-order chi connectivity index (χ0) is 57.2. The van der Waals surface area contributed by atoms with Crippen molar-refractivity contribution in [2.45, 2.75) is 202 Å². The highest BCUT2D eigenvalue weighted by Gasteiger charge is 2.85. The number of aryl methyl sites for hydroxylation is 1. The van der Waals surface area contributed by atoms with Crippen molar-refractivity contribution in [1.82, 2.24) is 5.32 Å². The number of aliphatic hydroxyl groups excluding tert-OH is 2. The van der Waals surface area contributed by atoms with Gasteiger partial charge in [-0.1, -0.05) is 110 Å². The van der Waals surface area contributed by atoms with Crippen LogP contribution in [0.3, 0.4) is 0 Å². The van der Waals surface area contributed by atoms with Gasteiger partial charge in [-0.2, -0.15) is 0 Å². The van der Waals surface area contributed by atoms with Crippen molar-refractivity contribution in [3.05, 3.63) is 129 Å². The number of hydrogen-bond donors (Lipinski definition) is 6. The first-order chi connectivity index (χ1) is 40.7. The number of aliphatic hydroxyl groups is 5. The van der Waals surface area contributed by atoms with Crippen molar-refractivity contribution in [2.75, 3.05) is 7.05 Å². The van der Waals surface area contributed by atoms with Crippen LogP contribution in [0.15, 0.2) is 90.5 Å². The Bertz CT molecular complexity index is 3280. The molecule has 9 fully saturated rings. The number of carbonyl (C=O) groups is 2. The van der Waals surface area contributed by atoms with Gasteiger partial charge in [-0.15, -0.1) is 0 Å². The van der Waals surface area contributed by atoms with Crippen LogP contribution < -0.4 is 5.32 Å². The molecule has 3 spiro atoms. The molecule has 9 saturated carbocycles. The van der Waals surface area contributed by atoms with E-state index >= 15 is 15.0 Å². The zero-order valence-corrected chi connectivity index (χ0v) is 49.7. The number of benzene rings is 3. The molecule has 0 aromatic heterocycles. The molecule has 3 aromatic carbocycles. The molecule has 1 heterocycles. The van der Waals surface area contributed by atoms with E-state index in [-0.39, 0.29) is 54.6 Å². The molecule has 3 aromatic rings. The SMILES string of the molecule is CN[C@@H]1Cc2c(cccc2CO)C#C[C@@]23CC[C@H](Cc4cccc(c4)Cc4cccc(c4)CC[C@@H]4CC[C@]5(C4)C[C@]4(C=O)[C@H]6CC[C@]7(C2)[C@H]2C8=CC(=O)O[C@H]8[C@H]1C[C@H]2C[C@]7(O)[C@@]6(O)C[C@H]1C[C@H]2[C@H](C=CC[C@H]2C2CCCC2)C[C@@H]([C@H]5O)[C@@]14O)C3. The molecule has 9 heteroatoms. The largest absolute Gasteiger partial charge is 0.454 e. The minimum absolute atomic E-state index is 0.118. The van der Waals surface area contributed by atoms with E-state index in [2.05, 4.69) is 83.9 Å². The van der Waals surface area contributed by atoms with Crippen molar-refractivity contribution in [1.29, 1.82) is 0 Å². The van der Waals surface area contributed by atoms with Gasteiger partial charge in [0.2, 0.25) is 0 Å². The molecule has 21 atom stereocenters. The second-order valence-corrected chi connectivity index (χ2v) is 31.2. The van der Waals surface area contributed by atoms with Crippen LogP contribution in [0.1, 0.15) is 174 Å². The molecule has 0 amide bonds. The fourth-order valence-electron chi connectivity index (χ4n) is 24.8. The van der Waals surface area contributed by atoms with Gasteiger partial charge >= 0.3 is 5.97 Å². The first kappa shape index (κ1) is 55.0. The Labute approximate surface area is 498 Å². The highest BCUT2D eigenvalue weighted by molar-refractivity contribution is 5.86. The van der Waals surface area contributed by atoms with E-state index in [4.69, 9.17) is 4.74 Å². The van der Waals surface area contributed by atoms with Gasteiger partial charge in [-0.3, -0.25) is 0 Å². The lowest BCUT2D eigenvalue weighted by Gasteiger charge is -2.74. The first-order valence-electron chi connectivity index (χ1n) is 33.7. The van der Waals surface area contributed by atoms with Crippen LogP contribution in [-0.2, 0) is 46.6 Å². The van der Waals surface area contributed by atoms with Gasteiger partial charge in [0.15, 0.2) is 0 Å². The quantitative estimate of drug-likeness (QED) is 0.0648. The Balaban J connectivity index is 0.919. The smallest absolute Gasteiger partial charge is 0.331 e. The second-order valence-electron chi connectivity index (χ2n) is 31.2. The van der Waals surface area contributed by atoms with Crippen LogP contribution in [0.2, 0.25) is 0 Å². The topological polar surface area (TPSA) is 157 Å². The molecule has 0 saturated heterocycles. The Morgan fingerprint density at radius 1 is 0.774 bits per heavy atom. The van der Waals surface area contributed by atoms with Crippen molar-refractivity contribution in [3.63, 3.8) is 0 Å². The summed E-state index contributed by atoms with van der Waals surface area (Å²) < 4.78 is 6.59. The zero-order valence-electron chi connectivity index (χ0n) is 49.7. The number of ether oxygens (including phenoxy) is 1. The summed E-state index contributed by atoms with van der Waals surface area (Å²) >= 11 is 0. The standard InChI is InChI=1S/C75H91NO8/c1-76-63-35-58-52(14-6-16-54(58)41-77)22-25-69-24-20-50(37-69)31-49-11-5-10-48(30-49)29-47-9-4-8-45(28-47)18-19-46-21-26-70(38-46)43-72(44-78)64-23-27-71(42-69)66-55(32-60(63)67-61(66)36-65(79)84-67)39-74(71,82)73(64,81)40-56-34-59-53(33-62(68(70)80)75(56,72)83)15-7-17-57(59)51-12-2-3-13-51/h4-11,14-16,28,30,36,44,46,50-51,53,55-57,59-60,62-64,66-68,76-77,80-83H,2-3,12-13,17-21,23-24,26-27,29,31-35,37-43H2,1H3/t46-,50-,53-,55+,56-,57+,59+,60+,62+,63-,64-,66-,67+,68-,69-,70+,71+,72+,73-,74-,75+/m1/s1. The normalized spacial score (nSPS) is 46.8. The van der Waals surface area contributed by atoms with Gasteiger partial charge in [0, 0.05) is 46.3 Å². The van der Waals surface area contributed by atoms with Gasteiger partial charge in [0.1, 0.15) is 18.0 Å². The van der Waals surface area contributed by atoms with E-state index in [1.807, 2.05) is 19.2 Å². The third-order valence-corrected chi connectivity index (χ3v) is 27.8.